The molecule has 1 aromatic heterocycles. The molecule has 0 spiro atoms. The number of fused-ring (bicyclic) bond motifs is 1. The van der Waals surface area contributed by atoms with Crippen LogP contribution < -0.4 is 0 Å². The van der Waals surface area contributed by atoms with Crippen molar-refractivity contribution < 1.29 is 4.74 Å². The zero-order valence-corrected chi connectivity index (χ0v) is 12.6. The molecular formula is C14H16BrNOS. The van der Waals surface area contributed by atoms with E-state index in [0.717, 1.165) is 43.3 Å². The highest BCUT2D eigenvalue weighted by Gasteiger charge is 2.32. The number of aromatic nitrogens is 1. The number of halogens is 1. The van der Waals surface area contributed by atoms with Crippen LogP contribution in [0.3, 0.4) is 0 Å². The van der Waals surface area contributed by atoms with Gasteiger partial charge in [-0.1, -0.05) is 28.1 Å². The molecule has 1 aliphatic rings. The molecule has 3 rings (SSSR count). The predicted octanol–water partition coefficient (Wildman–Crippen LogP) is 4.03. The Morgan fingerprint density at radius 3 is 2.78 bits per heavy atom. The Morgan fingerprint density at radius 1 is 1.28 bits per heavy atom. The lowest BCUT2D eigenvalue weighted by Crippen LogP contribution is -2.33. The van der Waals surface area contributed by atoms with Crippen LogP contribution in [0.5, 0.6) is 0 Å². The molecule has 18 heavy (non-hydrogen) atoms. The third kappa shape index (κ3) is 2.46. The van der Waals surface area contributed by atoms with Crippen LogP contribution in [0.2, 0.25) is 0 Å². The molecule has 0 atom stereocenters. The van der Waals surface area contributed by atoms with E-state index in [4.69, 9.17) is 9.72 Å². The molecule has 1 fully saturated rings. The van der Waals surface area contributed by atoms with E-state index < -0.39 is 0 Å². The van der Waals surface area contributed by atoms with E-state index in [1.54, 1.807) is 0 Å². The largest absolute Gasteiger partial charge is 0.381 e. The second-order valence-electron chi connectivity index (χ2n) is 5.00. The first kappa shape index (κ1) is 12.6. The maximum atomic E-state index is 5.49. The van der Waals surface area contributed by atoms with Crippen molar-refractivity contribution in [3.05, 3.63) is 29.3 Å². The first-order valence-electron chi connectivity index (χ1n) is 6.30. The molecule has 0 saturated carbocycles. The lowest BCUT2D eigenvalue weighted by atomic mass is 9.79. The van der Waals surface area contributed by atoms with Crippen molar-refractivity contribution >= 4 is 37.5 Å². The average molecular weight is 326 g/mol. The van der Waals surface area contributed by atoms with Crippen molar-refractivity contribution in [2.45, 2.75) is 19.3 Å². The van der Waals surface area contributed by atoms with E-state index >= 15 is 0 Å². The van der Waals surface area contributed by atoms with Gasteiger partial charge >= 0.3 is 0 Å². The Kier molecular flexibility index (Phi) is 3.68. The van der Waals surface area contributed by atoms with Crippen molar-refractivity contribution in [2.24, 2.45) is 5.41 Å². The maximum absolute atomic E-state index is 5.49. The lowest BCUT2D eigenvalue weighted by Gasteiger charge is -2.34. The van der Waals surface area contributed by atoms with Crippen LogP contribution in [0.1, 0.15) is 17.8 Å². The average Bonchev–Trinajstić information content (AvgIpc) is 2.81. The van der Waals surface area contributed by atoms with E-state index in [0.29, 0.717) is 5.41 Å². The Hall–Kier alpha value is -0.450. The van der Waals surface area contributed by atoms with Crippen molar-refractivity contribution in [2.75, 3.05) is 18.5 Å². The molecule has 0 unspecified atom stereocenters. The molecule has 0 amide bonds. The van der Waals surface area contributed by atoms with Crippen molar-refractivity contribution in [1.29, 1.82) is 0 Å². The number of benzene rings is 1. The first-order valence-corrected chi connectivity index (χ1v) is 8.23. The molecule has 1 aliphatic heterocycles. The minimum Gasteiger partial charge on any atom is -0.381 e. The number of thiazole rings is 1. The second-order valence-corrected chi connectivity index (χ2v) is 6.67. The van der Waals surface area contributed by atoms with Crippen LogP contribution in [0, 0.1) is 5.41 Å². The first-order chi connectivity index (χ1) is 8.81. The quantitative estimate of drug-likeness (QED) is 0.795. The van der Waals surface area contributed by atoms with Crippen molar-refractivity contribution in [3.8, 4) is 0 Å². The van der Waals surface area contributed by atoms with Crippen LogP contribution in [0.15, 0.2) is 24.3 Å². The third-order valence-electron chi connectivity index (χ3n) is 3.70. The van der Waals surface area contributed by atoms with Crippen LogP contribution in [-0.4, -0.2) is 23.5 Å². The highest BCUT2D eigenvalue weighted by atomic mass is 79.9. The standard InChI is InChI=1S/C14H16BrNOS/c15-10-14(5-7-17-8-6-14)9-13-16-11-3-1-2-4-12(11)18-13/h1-4H,5-10H2. The fourth-order valence-corrected chi connectivity index (χ4v) is 4.38. The molecule has 0 N–H and O–H groups in total. The molecule has 1 aromatic carbocycles. The Morgan fingerprint density at radius 2 is 2.06 bits per heavy atom. The van der Waals surface area contributed by atoms with Gasteiger partial charge in [-0.2, -0.15) is 0 Å². The number of para-hydroxylation sites is 1. The zero-order valence-electron chi connectivity index (χ0n) is 10.2. The predicted molar refractivity (Wildman–Crippen MR) is 79.6 cm³/mol. The van der Waals surface area contributed by atoms with Crippen LogP contribution >= 0.6 is 27.3 Å². The van der Waals surface area contributed by atoms with Gasteiger partial charge in [-0.15, -0.1) is 11.3 Å². The Bertz CT molecular complexity index is 500. The molecule has 0 radical (unpaired) electrons. The number of nitrogens with zero attached hydrogens (tertiary/aromatic N) is 1. The molecule has 0 bridgehead atoms. The topological polar surface area (TPSA) is 22.1 Å². The fraction of sp³-hybridized carbons (Fsp3) is 0.500. The van der Waals surface area contributed by atoms with Crippen LogP contribution in [-0.2, 0) is 11.2 Å². The molecule has 4 heteroatoms. The van der Waals surface area contributed by atoms with Gasteiger partial charge in [-0.25, -0.2) is 4.98 Å². The highest BCUT2D eigenvalue weighted by molar-refractivity contribution is 9.09. The summed E-state index contributed by atoms with van der Waals surface area (Å²) in [6.45, 7) is 1.77. The SMILES string of the molecule is BrCC1(Cc2nc3ccccc3s2)CCOCC1. The van der Waals surface area contributed by atoms with Gasteiger partial charge in [0.25, 0.3) is 0 Å². The molecule has 2 nitrogen and oxygen atoms in total. The summed E-state index contributed by atoms with van der Waals surface area (Å²) in [7, 11) is 0. The lowest BCUT2D eigenvalue weighted by molar-refractivity contribution is 0.0270. The van der Waals surface area contributed by atoms with Gasteiger partial charge in [0, 0.05) is 25.0 Å². The summed E-state index contributed by atoms with van der Waals surface area (Å²) < 4.78 is 6.78. The molecule has 1 saturated heterocycles. The number of alkyl halides is 1. The number of rotatable bonds is 3. The van der Waals surface area contributed by atoms with E-state index in [9.17, 15) is 0 Å². The van der Waals surface area contributed by atoms with Crippen molar-refractivity contribution in [1.82, 2.24) is 4.98 Å². The van der Waals surface area contributed by atoms with E-state index in [2.05, 4.69) is 40.2 Å². The number of hydrogen-bond acceptors (Lipinski definition) is 3. The fourth-order valence-electron chi connectivity index (χ4n) is 2.48. The third-order valence-corrected chi connectivity index (χ3v) is 5.93. The molecule has 2 heterocycles. The smallest absolute Gasteiger partial charge is 0.0944 e. The van der Waals surface area contributed by atoms with Gasteiger partial charge in [-0.05, 0) is 30.4 Å². The molecule has 96 valence electrons. The molecular weight excluding hydrogens is 310 g/mol. The molecule has 0 aliphatic carbocycles. The van der Waals surface area contributed by atoms with Gasteiger partial charge in [-0.3, -0.25) is 0 Å². The summed E-state index contributed by atoms with van der Waals surface area (Å²) in [6, 6.07) is 8.39. The zero-order chi connectivity index (χ0) is 12.4. The van der Waals surface area contributed by atoms with Gasteiger partial charge in [0.1, 0.15) is 0 Å². The molecule has 2 aromatic rings. The Balaban J connectivity index is 1.85. The summed E-state index contributed by atoms with van der Waals surface area (Å²) >= 11 is 5.52. The summed E-state index contributed by atoms with van der Waals surface area (Å²) in [5, 5.41) is 2.30. The van der Waals surface area contributed by atoms with E-state index in [1.165, 1.54) is 9.71 Å². The summed E-state index contributed by atoms with van der Waals surface area (Å²) in [6.07, 6.45) is 3.34. The van der Waals surface area contributed by atoms with E-state index in [-0.39, 0.29) is 0 Å². The van der Waals surface area contributed by atoms with E-state index in [1.807, 2.05) is 11.3 Å². The summed E-state index contributed by atoms with van der Waals surface area (Å²) in [5.74, 6) is 0. The Labute approximate surface area is 120 Å². The summed E-state index contributed by atoms with van der Waals surface area (Å²) in [4.78, 5) is 4.76. The van der Waals surface area contributed by atoms with Crippen molar-refractivity contribution in [3.63, 3.8) is 0 Å². The number of ether oxygens (including phenoxy) is 1. The van der Waals surface area contributed by atoms with Gasteiger partial charge in [0.05, 0.1) is 15.2 Å². The second kappa shape index (κ2) is 5.27. The van der Waals surface area contributed by atoms with Crippen LogP contribution in [0.25, 0.3) is 10.2 Å². The van der Waals surface area contributed by atoms with Gasteiger partial charge in [0.2, 0.25) is 0 Å². The van der Waals surface area contributed by atoms with Gasteiger partial charge < -0.3 is 4.74 Å². The minimum atomic E-state index is 0.339. The van der Waals surface area contributed by atoms with Crippen LogP contribution in [0.4, 0.5) is 0 Å². The monoisotopic (exact) mass is 325 g/mol. The number of hydrogen-bond donors (Lipinski definition) is 0. The highest BCUT2D eigenvalue weighted by Crippen LogP contribution is 2.37. The summed E-state index contributed by atoms with van der Waals surface area (Å²) in [5.41, 5.74) is 1.47. The minimum absolute atomic E-state index is 0.339. The normalized spacial score (nSPS) is 19.2. The van der Waals surface area contributed by atoms with Gasteiger partial charge in [0.15, 0.2) is 0 Å². The maximum Gasteiger partial charge on any atom is 0.0944 e.